The minimum Gasteiger partial charge on any atom is -0.508 e. The van der Waals surface area contributed by atoms with Gasteiger partial charge in [-0.2, -0.15) is 13.2 Å². The Morgan fingerprint density at radius 1 is 0.865 bits per heavy atom. The summed E-state index contributed by atoms with van der Waals surface area (Å²) in [5, 5.41) is 13.0. The zero-order chi connectivity index (χ0) is 26.0. The zero-order valence-electron chi connectivity index (χ0n) is 19.5. The van der Waals surface area contributed by atoms with Crippen molar-refractivity contribution < 1.29 is 23.1 Å². The molecule has 0 bridgehead atoms. The van der Waals surface area contributed by atoms with E-state index in [1.54, 1.807) is 78.9 Å². The second-order valence-electron chi connectivity index (χ2n) is 8.54. The highest BCUT2D eigenvalue weighted by Crippen LogP contribution is 2.39. The molecule has 0 aliphatic carbocycles. The number of hydrogen-bond donors (Lipinski definition) is 2. The Morgan fingerprint density at radius 3 is 2.32 bits per heavy atom. The smallest absolute Gasteiger partial charge is 0.418 e. The second-order valence-corrected chi connectivity index (χ2v) is 8.54. The second kappa shape index (κ2) is 9.78. The third-order valence-corrected chi connectivity index (χ3v) is 6.07. The van der Waals surface area contributed by atoms with E-state index in [9.17, 15) is 23.1 Å². The standard InChI is InChI=1S/C30H21F3N2O2/c31-30(32,33)26-11-5-10-24-27(25(18-35-28(24)26)29(37)20-6-2-1-3-7-20)21-8-4-9-22(16-21)34-17-19-12-14-23(36)15-13-19/h1-16,18,34,36H,17H2. The molecule has 0 radical (unpaired) electrons. The number of aromatic nitrogens is 1. The lowest BCUT2D eigenvalue weighted by atomic mass is 9.91. The number of hydrogen-bond acceptors (Lipinski definition) is 4. The number of carbonyl (C=O) groups is 1. The molecule has 0 aliphatic rings. The number of rotatable bonds is 6. The molecule has 4 nitrogen and oxygen atoms in total. The average molecular weight is 499 g/mol. The van der Waals surface area contributed by atoms with E-state index in [1.165, 1.54) is 12.3 Å². The van der Waals surface area contributed by atoms with E-state index in [2.05, 4.69) is 10.3 Å². The predicted molar refractivity (Wildman–Crippen MR) is 137 cm³/mol. The Hall–Kier alpha value is -4.65. The van der Waals surface area contributed by atoms with Crippen LogP contribution in [0.5, 0.6) is 5.75 Å². The van der Waals surface area contributed by atoms with E-state index >= 15 is 0 Å². The molecule has 0 atom stereocenters. The van der Waals surface area contributed by atoms with Crippen molar-refractivity contribution in [2.24, 2.45) is 0 Å². The predicted octanol–water partition coefficient (Wildman–Crippen LogP) is 7.47. The van der Waals surface area contributed by atoms with Gasteiger partial charge in [0, 0.05) is 40.5 Å². The van der Waals surface area contributed by atoms with Gasteiger partial charge in [0.25, 0.3) is 0 Å². The molecular weight excluding hydrogens is 477 g/mol. The van der Waals surface area contributed by atoms with Crippen LogP contribution in [0, 0.1) is 0 Å². The van der Waals surface area contributed by atoms with Crippen LogP contribution in [0.4, 0.5) is 18.9 Å². The lowest BCUT2D eigenvalue weighted by molar-refractivity contribution is -0.136. The number of benzene rings is 4. The SMILES string of the molecule is O=C(c1ccccc1)c1cnc2c(C(F)(F)F)cccc2c1-c1cccc(NCc2ccc(O)cc2)c1. The van der Waals surface area contributed by atoms with Crippen molar-refractivity contribution in [3.63, 3.8) is 0 Å². The Balaban J connectivity index is 1.64. The number of nitrogens with one attached hydrogen (secondary N) is 1. The maximum absolute atomic E-state index is 13.8. The summed E-state index contributed by atoms with van der Waals surface area (Å²) in [5.74, 6) is -0.158. The van der Waals surface area contributed by atoms with Crippen molar-refractivity contribution in [2.45, 2.75) is 12.7 Å². The van der Waals surface area contributed by atoms with Crippen LogP contribution >= 0.6 is 0 Å². The first-order valence-corrected chi connectivity index (χ1v) is 11.5. The highest BCUT2D eigenvalue weighted by molar-refractivity contribution is 6.16. The van der Waals surface area contributed by atoms with Crippen molar-refractivity contribution in [3.8, 4) is 16.9 Å². The van der Waals surface area contributed by atoms with Gasteiger partial charge in [-0.25, -0.2) is 0 Å². The molecule has 2 N–H and O–H groups in total. The molecule has 0 fully saturated rings. The highest BCUT2D eigenvalue weighted by Gasteiger charge is 2.34. The topological polar surface area (TPSA) is 62.2 Å². The lowest BCUT2D eigenvalue weighted by Gasteiger charge is -2.16. The van der Waals surface area contributed by atoms with Crippen LogP contribution in [-0.2, 0) is 12.7 Å². The van der Waals surface area contributed by atoms with Gasteiger partial charge in [0.05, 0.1) is 11.1 Å². The number of pyridine rings is 1. The number of alkyl halides is 3. The van der Waals surface area contributed by atoms with E-state index in [0.717, 1.165) is 17.3 Å². The first-order chi connectivity index (χ1) is 17.8. The summed E-state index contributed by atoms with van der Waals surface area (Å²) in [7, 11) is 0. The van der Waals surface area contributed by atoms with Gasteiger partial charge < -0.3 is 10.4 Å². The number of aromatic hydroxyl groups is 1. The molecule has 1 aromatic heterocycles. The van der Waals surface area contributed by atoms with Crippen molar-refractivity contribution in [2.75, 3.05) is 5.32 Å². The summed E-state index contributed by atoms with van der Waals surface area (Å²) >= 11 is 0. The molecule has 0 saturated carbocycles. The fourth-order valence-electron chi connectivity index (χ4n) is 4.28. The Bertz CT molecular complexity index is 1580. The first-order valence-electron chi connectivity index (χ1n) is 11.5. The third kappa shape index (κ3) is 5.02. The molecule has 7 heteroatoms. The summed E-state index contributed by atoms with van der Waals surface area (Å²) in [5.41, 5.74) is 2.20. The van der Waals surface area contributed by atoms with Gasteiger partial charge in [-0.3, -0.25) is 9.78 Å². The quantitative estimate of drug-likeness (QED) is 0.239. The molecule has 0 amide bonds. The number of phenols is 1. The molecule has 0 saturated heterocycles. The van der Waals surface area contributed by atoms with Crippen molar-refractivity contribution in [1.82, 2.24) is 4.98 Å². The van der Waals surface area contributed by atoms with Crippen molar-refractivity contribution in [3.05, 3.63) is 126 Å². The van der Waals surface area contributed by atoms with Crippen LogP contribution in [0.1, 0.15) is 27.0 Å². The molecule has 0 spiro atoms. The van der Waals surface area contributed by atoms with Crippen molar-refractivity contribution >= 4 is 22.4 Å². The number of ketones is 1. The summed E-state index contributed by atoms with van der Waals surface area (Å²) < 4.78 is 41.4. The lowest BCUT2D eigenvalue weighted by Crippen LogP contribution is -2.09. The van der Waals surface area contributed by atoms with Gasteiger partial charge in [-0.15, -0.1) is 0 Å². The highest BCUT2D eigenvalue weighted by atomic mass is 19.4. The summed E-state index contributed by atoms with van der Waals surface area (Å²) in [6.45, 7) is 0.467. The average Bonchev–Trinajstić information content (AvgIpc) is 2.91. The minimum absolute atomic E-state index is 0.171. The Kier molecular flexibility index (Phi) is 6.36. The largest absolute Gasteiger partial charge is 0.508 e. The molecule has 184 valence electrons. The number of anilines is 1. The molecule has 0 unspecified atom stereocenters. The summed E-state index contributed by atoms with van der Waals surface area (Å²) in [6.07, 6.45) is -3.36. The van der Waals surface area contributed by atoms with Gasteiger partial charge in [-0.05, 0) is 41.5 Å². The Morgan fingerprint density at radius 2 is 1.59 bits per heavy atom. The van der Waals surface area contributed by atoms with Gasteiger partial charge >= 0.3 is 6.18 Å². The van der Waals surface area contributed by atoms with E-state index in [-0.39, 0.29) is 28.0 Å². The summed E-state index contributed by atoms with van der Waals surface area (Å²) in [6, 6.07) is 26.4. The number of para-hydroxylation sites is 1. The van der Waals surface area contributed by atoms with Crippen molar-refractivity contribution in [1.29, 1.82) is 0 Å². The normalized spacial score (nSPS) is 11.4. The first kappa shape index (κ1) is 24.1. The number of fused-ring (bicyclic) bond motifs is 1. The maximum Gasteiger partial charge on any atom is 0.418 e. The van der Waals surface area contributed by atoms with E-state index in [0.29, 0.717) is 23.2 Å². The number of carbonyl (C=O) groups excluding carboxylic acids is 1. The molecule has 37 heavy (non-hydrogen) atoms. The molecule has 4 aromatic carbocycles. The Labute approximate surface area is 211 Å². The van der Waals surface area contributed by atoms with Crippen LogP contribution < -0.4 is 5.32 Å². The van der Waals surface area contributed by atoms with E-state index < -0.39 is 11.7 Å². The van der Waals surface area contributed by atoms with Gasteiger partial charge in [0.1, 0.15) is 5.75 Å². The minimum atomic E-state index is -4.59. The fourth-order valence-corrected chi connectivity index (χ4v) is 4.28. The molecule has 1 heterocycles. The fraction of sp³-hybridized carbons (Fsp3) is 0.0667. The third-order valence-electron chi connectivity index (χ3n) is 6.07. The van der Waals surface area contributed by atoms with Gasteiger partial charge in [0.15, 0.2) is 5.78 Å². The van der Waals surface area contributed by atoms with E-state index in [1.807, 2.05) is 6.07 Å². The van der Waals surface area contributed by atoms with Crippen LogP contribution in [0.25, 0.3) is 22.0 Å². The molecule has 5 rings (SSSR count). The molecular formula is C30H21F3N2O2. The van der Waals surface area contributed by atoms with Crippen LogP contribution in [0.15, 0.2) is 103 Å². The molecule has 5 aromatic rings. The van der Waals surface area contributed by atoms with Crippen LogP contribution in [0.3, 0.4) is 0 Å². The number of halogens is 3. The zero-order valence-corrected chi connectivity index (χ0v) is 19.5. The van der Waals surface area contributed by atoms with Crippen LogP contribution in [0.2, 0.25) is 0 Å². The van der Waals surface area contributed by atoms with Gasteiger partial charge in [-0.1, -0.05) is 66.7 Å². The number of phenolic OH excluding ortho intramolecular Hbond substituents is 1. The van der Waals surface area contributed by atoms with Crippen LogP contribution in [-0.4, -0.2) is 15.9 Å². The molecule has 0 aliphatic heterocycles. The maximum atomic E-state index is 13.8. The van der Waals surface area contributed by atoms with E-state index in [4.69, 9.17) is 0 Å². The summed E-state index contributed by atoms with van der Waals surface area (Å²) in [4.78, 5) is 17.6. The van der Waals surface area contributed by atoms with Gasteiger partial charge in [0.2, 0.25) is 0 Å². The number of nitrogens with zero attached hydrogens (tertiary/aromatic N) is 1. The monoisotopic (exact) mass is 498 g/mol.